The standard InChI is InChI=1S/C9H7N.C8H9N/c1-2-6-9-8(4-1)5-3-7-10-9;9-7-6-8-4-2-1-3-5-8/h1-7H;1-7H,9H2. The van der Waals surface area contributed by atoms with Gasteiger partial charge in [-0.1, -0.05) is 54.6 Å². The second-order valence-electron chi connectivity index (χ2n) is 3.97. The zero-order chi connectivity index (χ0) is 13.3. The number of nitrogens with two attached hydrogens (primary N) is 1. The lowest BCUT2D eigenvalue weighted by molar-refractivity contribution is 1.41. The maximum absolute atomic E-state index is 5.18. The monoisotopic (exact) mass is 248 g/mol. The van der Waals surface area contributed by atoms with Crippen LogP contribution in [0.2, 0.25) is 0 Å². The molecule has 1 aromatic heterocycles. The van der Waals surface area contributed by atoms with E-state index in [9.17, 15) is 0 Å². The van der Waals surface area contributed by atoms with Crippen LogP contribution in [0.3, 0.4) is 0 Å². The van der Waals surface area contributed by atoms with Gasteiger partial charge in [-0.3, -0.25) is 4.98 Å². The van der Waals surface area contributed by atoms with Gasteiger partial charge >= 0.3 is 0 Å². The van der Waals surface area contributed by atoms with Gasteiger partial charge in [0.15, 0.2) is 0 Å². The lowest BCUT2D eigenvalue weighted by atomic mass is 10.2. The van der Waals surface area contributed by atoms with Crippen molar-refractivity contribution in [3.63, 3.8) is 0 Å². The van der Waals surface area contributed by atoms with Gasteiger partial charge in [0.1, 0.15) is 0 Å². The van der Waals surface area contributed by atoms with E-state index in [4.69, 9.17) is 5.73 Å². The largest absolute Gasteiger partial charge is 0.405 e. The molecule has 0 atom stereocenters. The molecule has 3 rings (SSSR count). The van der Waals surface area contributed by atoms with E-state index >= 15 is 0 Å². The molecule has 0 amide bonds. The molecule has 0 saturated heterocycles. The lowest BCUT2D eigenvalue weighted by Gasteiger charge is -1.91. The summed E-state index contributed by atoms with van der Waals surface area (Å²) in [7, 11) is 0. The van der Waals surface area contributed by atoms with Crippen LogP contribution in [-0.4, -0.2) is 4.98 Å². The smallest absolute Gasteiger partial charge is 0.0701 e. The number of nitrogens with zero attached hydrogens (tertiary/aromatic N) is 1. The summed E-state index contributed by atoms with van der Waals surface area (Å²) in [5.74, 6) is 0. The summed E-state index contributed by atoms with van der Waals surface area (Å²) < 4.78 is 0. The SMILES string of the molecule is NC=Cc1ccccc1.c1ccc2ncccc2c1. The topological polar surface area (TPSA) is 38.9 Å². The highest BCUT2D eigenvalue weighted by atomic mass is 14.6. The molecule has 2 heteroatoms. The van der Waals surface area contributed by atoms with Gasteiger partial charge in [0, 0.05) is 11.6 Å². The number of aromatic nitrogens is 1. The fourth-order valence-corrected chi connectivity index (χ4v) is 1.69. The van der Waals surface area contributed by atoms with Crippen LogP contribution in [-0.2, 0) is 0 Å². The van der Waals surface area contributed by atoms with E-state index in [1.807, 2.05) is 66.9 Å². The Morgan fingerprint density at radius 3 is 2.21 bits per heavy atom. The zero-order valence-corrected chi connectivity index (χ0v) is 10.6. The average Bonchev–Trinajstić information content (AvgIpc) is 2.50. The molecule has 3 aromatic rings. The molecule has 1 heterocycles. The summed E-state index contributed by atoms with van der Waals surface area (Å²) in [5.41, 5.74) is 7.38. The second-order valence-corrected chi connectivity index (χ2v) is 3.97. The fraction of sp³-hybridized carbons (Fsp3) is 0. The van der Waals surface area contributed by atoms with Crippen molar-refractivity contribution < 1.29 is 0 Å². The van der Waals surface area contributed by atoms with E-state index in [0.717, 1.165) is 11.1 Å². The van der Waals surface area contributed by atoms with Gasteiger partial charge in [0.2, 0.25) is 0 Å². The Hall–Kier alpha value is -2.61. The van der Waals surface area contributed by atoms with Crippen molar-refractivity contribution in [3.05, 3.63) is 84.7 Å². The van der Waals surface area contributed by atoms with Gasteiger partial charge in [-0.05, 0) is 30.0 Å². The van der Waals surface area contributed by atoms with Crippen LogP contribution < -0.4 is 5.73 Å². The van der Waals surface area contributed by atoms with Gasteiger partial charge in [-0.25, -0.2) is 0 Å². The van der Waals surface area contributed by atoms with Gasteiger partial charge in [0.05, 0.1) is 5.52 Å². The normalized spacial score (nSPS) is 10.1. The molecule has 2 nitrogen and oxygen atoms in total. The molecule has 0 aliphatic carbocycles. The van der Waals surface area contributed by atoms with Crippen molar-refractivity contribution in [1.29, 1.82) is 0 Å². The highest BCUT2D eigenvalue weighted by Gasteiger charge is 1.86. The first-order valence-corrected chi connectivity index (χ1v) is 6.13. The van der Waals surface area contributed by atoms with E-state index in [2.05, 4.69) is 17.1 Å². The van der Waals surface area contributed by atoms with Gasteiger partial charge in [-0.2, -0.15) is 0 Å². The predicted octanol–water partition coefficient (Wildman–Crippen LogP) is 3.85. The predicted molar refractivity (Wildman–Crippen MR) is 81.4 cm³/mol. The van der Waals surface area contributed by atoms with Crippen LogP contribution >= 0.6 is 0 Å². The van der Waals surface area contributed by atoms with Crippen molar-refractivity contribution in [1.82, 2.24) is 4.98 Å². The van der Waals surface area contributed by atoms with Crippen molar-refractivity contribution in [2.24, 2.45) is 5.73 Å². The van der Waals surface area contributed by atoms with E-state index in [0.29, 0.717) is 0 Å². The van der Waals surface area contributed by atoms with Crippen LogP contribution in [0.1, 0.15) is 5.56 Å². The molecule has 0 spiro atoms. The Morgan fingerprint density at radius 1 is 0.789 bits per heavy atom. The molecule has 0 fully saturated rings. The van der Waals surface area contributed by atoms with Crippen molar-refractivity contribution in [2.45, 2.75) is 0 Å². The maximum atomic E-state index is 5.18. The Bertz CT molecular complexity index is 580. The Labute approximate surface area is 113 Å². The molecule has 0 unspecified atom stereocenters. The third kappa shape index (κ3) is 3.96. The van der Waals surface area contributed by atoms with Crippen LogP contribution in [0.15, 0.2) is 79.1 Å². The minimum Gasteiger partial charge on any atom is -0.405 e. The average molecular weight is 248 g/mol. The van der Waals surface area contributed by atoms with Gasteiger partial charge in [0.25, 0.3) is 0 Å². The van der Waals surface area contributed by atoms with Gasteiger partial charge in [-0.15, -0.1) is 0 Å². The first-order valence-electron chi connectivity index (χ1n) is 6.13. The number of benzene rings is 2. The molecular formula is C17H16N2. The van der Waals surface area contributed by atoms with E-state index in [-0.39, 0.29) is 0 Å². The summed E-state index contributed by atoms with van der Waals surface area (Å²) in [5, 5.41) is 1.20. The summed E-state index contributed by atoms with van der Waals surface area (Å²) in [4.78, 5) is 4.18. The van der Waals surface area contributed by atoms with Crippen molar-refractivity contribution in [3.8, 4) is 0 Å². The van der Waals surface area contributed by atoms with Crippen LogP contribution in [0.4, 0.5) is 0 Å². The molecule has 2 aromatic carbocycles. The number of hydrogen-bond donors (Lipinski definition) is 1. The van der Waals surface area contributed by atoms with Gasteiger partial charge < -0.3 is 5.73 Å². The molecule has 94 valence electrons. The van der Waals surface area contributed by atoms with Crippen molar-refractivity contribution >= 4 is 17.0 Å². The minimum atomic E-state index is 1.06. The first-order chi connectivity index (χ1) is 9.40. The Balaban J connectivity index is 0.000000141. The molecule has 0 bridgehead atoms. The maximum Gasteiger partial charge on any atom is 0.0701 e. The summed E-state index contributed by atoms with van der Waals surface area (Å²) >= 11 is 0. The summed E-state index contributed by atoms with van der Waals surface area (Å²) in [6, 6.07) is 22.0. The van der Waals surface area contributed by atoms with Crippen molar-refractivity contribution in [2.75, 3.05) is 0 Å². The van der Waals surface area contributed by atoms with Crippen LogP contribution in [0.5, 0.6) is 0 Å². The number of pyridine rings is 1. The number of para-hydroxylation sites is 1. The minimum absolute atomic E-state index is 1.06. The Morgan fingerprint density at radius 2 is 1.47 bits per heavy atom. The highest BCUT2D eigenvalue weighted by Crippen LogP contribution is 2.07. The number of rotatable bonds is 1. The van der Waals surface area contributed by atoms with E-state index in [1.165, 1.54) is 11.6 Å². The van der Waals surface area contributed by atoms with E-state index < -0.39 is 0 Å². The molecule has 0 radical (unpaired) electrons. The third-order valence-corrected chi connectivity index (χ3v) is 2.60. The zero-order valence-electron chi connectivity index (χ0n) is 10.6. The lowest BCUT2D eigenvalue weighted by Crippen LogP contribution is -1.75. The molecule has 0 saturated carbocycles. The summed E-state index contributed by atoms with van der Waals surface area (Å²) in [6.07, 6.45) is 5.21. The number of hydrogen-bond acceptors (Lipinski definition) is 2. The highest BCUT2D eigenvalue weighted by molar-refractivity contribution is 5.77. The van der Waals surface area contributed by atoms with E-state index in [1.54, 1.807) is 0 Å². The molecular weight excluding hydrogens is 232 g/mol. The molecule has 19 heavy (non-hydrogen) atoms. The third-order valence-electron chi connectivity index (χ3n) is 2.60. The fourth-order valence-electron chi connectivity index (χ4n) is 1.69. The van der Waals surface area contributed by atoms with Crippen LogP contribution in [0, 0.1) is 0 Å². The molecule has 0 aliphatic rings. The molecule has 2 N–H and O–H groups in total. The Kier molecular flexibility index (Phi) is 4.71. The second kappa shape index (κ2) is 6.97. The first kappa shape index (κ1) is 12.8. The summed E-state index contributed by atoms with van der Waals surface area (Å²) in [6.45, 7) is 0. The quantitative estimate of drug-likeness (QED) is 0.710. The van der Waals surface area contributed by atoms with Crippen LogP contribution in [0.25, 0.3) is 17.0 Å². The number of fused-ring (bicyclic) bond motifs is 1. The molecule has 0 aliphatic heterocycles.